The maximum Gasteiger partial charge on any atom is 0.239 e. The average molecular weight is 375 g/mol. The fourth-order valence-electron chi connectivity index (χ4n) is 3.75. The maximum atomic E-state index is 12.7. The lowest BCUT2D eigenvalue weighted by molar-refractivity contribution is -0.137. The summed E-state index contributed by atoms with van der Waals surface area (Å²) in [5.41, 5.74) is 0.505. The molecule has 1 aromatic rings. The van der Waals surface area contributed by atoms with Crippen LogP contribution in [-0.4, -0.2) is 54.3 Å². The van der Waals surface area contributed by atoms with Crippen molar-refractivity contribution in [2.75, 3.05) is 38.0 Å². The topological polar surface area (TPSA) is 76.4 Å². The smallest absolute Gasteiger partial charge is 0.239 e. The van der Waals surface area contributed by atoms with Crippen molar-refractivity contribution in [2.24, 2.45) is 5.92 Å². The van der Waals surface area contributed by atoms with Crippen LogP contribution in [0.4, 0.5) is 5.00 Å². The van der Waals surface area contributed by atoms with Crippen LogP contribution in [0.15, 0.2) is 11.4 Å². The van der Waals surface area contributed by atoms with Crippen molar-refractivity contribution in [2.45, 2.75) is 38.5 Å². The van der Waals surface area contributed by atoms with Crippen molar-refractivity contribution in [1.82, 2.24) is 9.80 Å². The second-order valence-corrected chi connectivity index (χ2v) is 8.03. The zero-order chi connectivity index (χ0) is 18.4. The van der Waals surface area contributed by atoms with Gasteiger partial charge in [-0.1, -0.05) is 12.8 Å². The summed E-state index contributed by atoms with van der Waals surface area (Å²) in [5.74, 6) is 0.324. The SMILES string of the molecule is N#Cc1ccsc1NC(=O)CN1CCC(C(=O)N2CCCCCC2)CC1. The number of piperidine rings is 1. The number of amides is 2. The first-order valence-electron chi connectivity index (χ1n) is 9.46. The molecule has 1 N–H and O–H groups in total. The van der Waals surface area contributed by atoms with Gasteiger partial charge in [-0.05, 0) is 50.2 Å². The van der Waals surface area contributed by atoms with Crippen LogP contribution >= 0.6 is 11.3 Å². The van der Waals surface area contributed by atoms with Crippen molar-refractivity contribution in [3.05, 3.63) is 17.0 Å². The number of nitriles is 1. The Hall–Kier alpha value is -1.91. The molecular weight excluding hydrogens is 348 g/mol. The van der Waals surface area contributed by atoms with E-state index in [2.05, 4.69) is 21.2 Å². The Morgan fingerprint density at radius 2 is 1.85 bits per heavy atom. The van der Waals surface area contributed by atoms with Gasteiger partial charge in [0.05, 0.1) is 12.1 Å². The predicted molar refractivity (Wildman–Crippen MR) is 102 cm³/mol. The summed E-state index contributed by atoms with van der Waals surface area (Å²) >= 11 is 1.36. The zero-order valence-electron chi connectivity index (χ0n) is 15.1. The molecule has 2 aliphatic heterocycles. The number of rotatable bonds is 4. The second kappa shape index (κ2) is 9.15. The Kier molecular flexibility index (Phi) is 6.64. The van der Waals surface area contributed by atoms with Gasteiger partial charge in [-0.15, -0.1) is 11.3 Å². The fraction of sp³-hybridized carbons (Fsp3) is 0.632. The van der Waals surface area contributed by atoms with Gasteiger partial charge in [0.15, 0.2) is 0 Å². The number of thiophene rings is 1. The van der Waals surface area contributed by atoms with Crippen molar-refractivity contribution >= 4 is 28.2 Å². The molecule has 0 spiro atoms. The zero-order valence-corrected chi connectivity index (χ0v) is 15.9. The number of nitrogens with one attached hydrogen (secondary N) is 1. The summed E-state index contributed by atoms with van der Waals surface area (Å²) in [4.78, 5) is 29.1. The molecule has 3 heterocycles. The molecule has 2 fully saturated rings. The highest BCUT2D eigenvalue weighted by molar-refractivity contribution is 7.14. The molecule has 2 aliphatic rings. The quantitative estimate of drug-likeness (QED) is 0.879. The van der Waals surface area contributed by atoms with Crippen molar-refractivity contribution in [3.63, 3.8) is 0 Å². The van der Waals surface area contributed by atoms with E-state index in [9.17, 15) is 9.59 Å². The monoisotopic (exact) mass is 374 g/mol. The number of hydrogen-bond donors (Lipinski definition) is 1. The normalized spacial score (nSPS) is 19.6. The summed E-state index contributed by atoms with van der Waals surface area (Å²) in [5, 5.41) is 14.2. The highest BCUT2D eigenvalue weighted by atomic mass is 32.1. The molecule has 0 bridgehead atoms. The van der Waals surface area contributed by atoms with Crippen LogP contribution in [-0.2, 0) is 9.59 Å². The molecule has 6 nitrogen and oxygen atoms in total. The number of anilines is 1. The molecule has 26 heavy (non-hydrogen) atoms. The van der Waals surface area contributed by atoms with Crippen LogP contribution in [0.25, 0.3) is 0 Å². The Labute approximate surface area is 158 Å². The minimum absolute atomic E-state index is 0.0961. The van der Waals surface area contributed by atoms with E-state index in [1.54, 1.807) is 11.4 Å². The number of carbonyl (C=O) groups excluding carboxylic acids is 2. The molecule has 0 radical (unpaired) electrons. The van der Waals surface area contributed by atoms with E-state index >= 15 is 0 Å². The third kappa shape index (κ3) is 4.83. The van der Waals surface area contributed by atoms with Crippen LogP contribution in [0, 0.1) is 17.2 Å². The molecule has 0 atom stereocenters. The van der Waals surface area contributed by atoms with E-state index in [1.165, 1.54) is 24.2 Å². The van der Waals surface area contributed by atoms with Gasteiger partial charge in [-0.2, -0.15) is 5.26 Å². The first-order chi connectivity index (χ1) is 12.7. The Morgan fingerprint density at radius 1 is 1.15 bits per heavy atom. The van der Waals surface area contributed by atoms with Crippen LogP contribution in [0.3, 0.4) is 0 Å². The van der Waals surface area contributed by atoms with Crippen LogP contribution < -0.4 is 5.32 Å². The third-order valence-corrected chi connectivity index (χ3v) is 6.09. The largest absolute Gasteiger partial charge is 0.342 e. The lowest BCUT2D eigenvalue weighted by atomic mass is 9.95. The van der Waals surface area contributed by atoms with E-state index in [0.717, 1.165) is 51.9 Å². The van der Waals surface area contributed by atoms with Crippen LogP contribution in [0.2, 0.25) is 0 Å². The number of carbonyl (C=O) groups is 2. The van der Waals surface area contributed by atoms with E-state index in [-0.39, 0.29) is 11.8 Å². The van der Waals surface area contributed by atoms with Gasteiger partial charge >= 0.3 is 0 Å². The van der Waals surface area contributed by atoms with Crippen LogP contribution in [0.1, 0.15) is 44.1 Å². The fourth-order valence-corrected chi connectivity index (χ4v) is 4.50. The minimum Gasteiger partial charge on any atom is -0.342 e. The van der Waals surface area contributed by atoms with Gasteiger partial charge in [0.2, 0.25) is 11.8 Å². The Bertz CT molecular complexity index is 665. The molecule has 0 aromatic carbocycles. The highest BCUT2D eigenvalue weighted by Gasteiger charge is 2.29. The Balaban J connectivity index is 1.44. The van der Waals surface area contributed by atoms with E-state index in [4.69, 9.17) is 5.26 Å². The van der Waals surface area contributed by atoms with Crippen LogP contribution in [0.5, 0.6) is 0 Å². The first-order valence-corrected chi connectivity index (χ1v) is 10.3. The van der Waals surface area contributed by atoms with Gasteiger partial charge in [0.25, 0.3) is 0 Å². The van der Waals surface area contributed by atoms with E-state index < -0.39 is 0 Å². The number of nitrogens with zero attached hydrogens (tertiary/aromatic N) is 3. The molecular formula is C19H26N4O2S. The van der Waals surface area contributed by atoms with Crippen molar-refractivity contribution < 1.29 is 9.59 Å². The highest BCUT2D eigenvalue weighted by Crippen LogP contribution is 2.23. The molecule has 7 heteroatoms. The predicted octanol–water partition coefficient (Wildman–Crippen LogP) is 2.67. The number of hydrogen-bond acceptors (Lipinski definition) is 5. The van der Waals surface area contributed by atoms with Crippen molar-refractivity contribution in [3.8, 4) is 6.07 Å². The first kappa shape index (κ1) is 18.9. The average Bonchev–Trinajstić information content (AvgIpc) is 2.92. The van der Waals surface area contributed by atoms with Gasteiger partial charge in [0.1, 0.15) is 11.1 Å². The summed E-state index contributed by atoms with van der Waals surface area (Å²) in [6.45, 7) is 3.67. The standard InChI is InChI=1S/C19H26N4O2S/c20-13-16-7-12-26-18(16)21-17(24)14-22-10-5-15(6-11-22)19(25)23-8-3-1-2-4-9-23/h7,12,15H,1-6,8-11,14H2,(H,21,24). The summed E-state index contributed by atoms with van der Waals surface area (Å²) in [7, 11) is 0. The molecule has 0 saturated carbocycles. The van der Waals surface area contributed by atoms with Gasteiger partial charge in [-0.25, -0.2) is 0 Å². The lowest BCUT2D eigenvalue weighted by Crippen LogP contribution is -2.44. The van der Waals surface area contributed by atoms with Gasteiger partial charge < -0.3 is 10.2 Å². The summed E-state index contributed by atoms with van der Waals surface area (Å²) < 4.78 is 0. The van der Waals surface area contributed by atoms with Gasteiger partial charge in [-0.3, -0.25) is 14.5 Å². The molecule has 1 aromatic heterocycles. The summed E-state index contributed by atoms with van der Waals surface area (Å²) in [6, 6.07) is 3.79. The molecule has 3 rings (SSSR count). The lowest BCUT2D eigenvalue weighted by Gasteiger charge is -2.33. The Morgan fingerprint density at radius 3 is 2.50 bits per heavy atom. The van der Waals surface area contributed by atoms with E-state index in [1.807, 2.05) is 0 Å². The van der Waals surface area contributed by atoms with Gasteiger partial charge in [0, 0.05) is 19.0 Å². The third-order valence-electron chi connectivity index (χ3n) is 5.26. The number of likely N-dealkylation sites (tertiary alicyclic amines) is 2. The molecule has 0 aliphatic carbocycles. The molecule has 0 unspecified atom stereocenters. The molecule has 140 valence electrons. The maximum absolute atomic E-state index is 12.7. The second-order valence-electron chi connectivity index (χ2n) is 7.11. The molecule has 2 saturated heterocycles. The van der Waals surface area contributed by atoms with E-state index in [0.29, 0.717) is 23.0 Å². The molecule has 2 amide bonds. The minimum atomic E-state index is -0.0961. The van der Waals surface area contributed by atoms with Crippen molar-refractivity contribution in [1.29, 1.82) is 5.26 Å². The summed E-state index contributed by atoms with van der Waals surface area (Å²) in [6.07, 6.45) is 6.36.